The summed E-state index contributed by atoms with van der Waals surface area (Å²) in [6.45, 7) is 8.46. The van der Waals surface area contributed by atoms with Gasteiger partial charge in [0.05, 0.1) is 15.6 Å². The van der Waals surface area contributed by atoms with E-state index in [1.165, 1.54) is 28.2 Å². The van der Waals surface area contributed by atoms with Crippen LogP contribution >= 0.6 is 11.3 Å². The van der Waals surface area contributed by atoms with Crippen molar-refractivity contribution in [2.75, 3.05) is 0 Å². The summed E-state index contributed by atoms with van der Waals surface area (Å²) in [6, 6.07) is 16.4. The van der Waals surface area contributed by atoms with E-state index in [0.29, 0.717) is 4.53 Å². The van der Waals surface area contributed by atoms with E-state index in [2.05, 4.69) is 61.5 Å². The van der Waals surface area contributed by atoms with Crippen molar-refractivity contribution in [3.8, 4) is 5.69 Å². The van der Waals surface area contributed by atoms with E-state index in [1.54, 1.807) is 4.40 Å². The first-order valence-corrected chi connectivity index (χ1v) is 10.4. The van der Waals surface area contributed by atoms with E-state index >= 15 is 0 Å². The third-order valence-corrected chi connectivity index (χ3v) is 6.46. The highest BCUT2D eigenvalue weighted by atomic mass is 32.1. The van der Waals surface area contributed by atoms with Crippen molar-refractivity contribution in [2.45, 2.75) is 27.7 Å². The number of rotatable bonds is 2. The molecule has 0 aliphatic heterocycles. The third-order valence-electron chi connectivity index (χ3n) is 5.50. The Morgan fingerprint density at radius 3 is 2.59 bits per heavy atom. The van der Waals surface area contributed by atoms with Gasteiger partial charge in [0.25, 0.3) is 5.56 Å². The maximum absolute atomic E-state index is 13.1. The number of aryl methyl sites for hydroxylation is 3. The second-order valence-electron chi connectivity index (χ2n) is 7.59. The molecule has 2 aromatic carbocycles. The summed E-state index contributed by atoms with van der Waals surface area (Å²) in [7, 11) is 0. The molecule has 29 heavy (non-hydrogen) atoms. The Bertz CT molecular complexity index is 1520. The number of fused-ring (bicyclic) bond motifs is 3. The first-order chi connectivity index (χ1) is 13.9. The van der Waals surface area contributed by atoms with Crippen LogP contribution in [-0.2, 0) is 0 Å². The summed E-state index contributed by atoms with van der Waals surface area (Å²) in [5.41, 5.74) is 8.74. The molecule has 0 radical (unpaired) electrons. The van der Waals surface area contributed by atoms with Crippen LogP contribution in [0.15, 0.2) is 53.3 Å². The van der Waals surface area contributed by atoms with Gasteiger partial charge in [-0.2, -0.15) is 0 Å². The van der Waals surface area contributed by atoms with Crippen LogP contribution in [0.3, 0.4) is 0 Å². The number of imidazole rings is 1. The Morgan fingerprint density at radius 1 is 1.00 bits per heavy atom. The van der Waals surface area contributed by atoms with Gasteiger partial charge in [-0.25, -0.2) is 9.38 Å². The van der Waals surface area contributed by atoms with Crippen molar-refractivity contribution < 1.29 is 0 Å². The van der Waals surface area contributed by atoms with E-state index in [-0.39, 0.29) is 5.56 Å². The average Bonchev–Trinajstić information content (AvgIpc) is 3.28. The highest BCUT2D eigenvalue weighted by Gasteiger charge is 2.14. The van der Waals surface area contributed by atoms with Crippen LogP contribution in [0, 0.1) is 27.7 Å². The van der Waals surface area contributed by atoms with E-state index in [9.17, 15) is 4.79 Å². The van der Waals surface area contributed by atoms with Gasteiger partial charge >= 0.3 is 0 Å². The Morgan fingerprint density at radius 2 is 1.79 bits per heavy atom. The molecule has 0 amide bonds. The van der Waals surface area contributed by atoms with Crippen LogP contribution in [0.4, 0.5) is 0 Å². The molecule has 0 saturated heterocycles. The van der Waals surface area contributed by atoms with Gasteiger partial charge < -0.3 is 4.57 Å². The average molecular weight is 400 g/mol. The molecule has 5 aromatic rings. The fraction of sp³-hybridized carbons (Fsp3) is 0.167. The summed E-state index contributed by atoms with van der Waals surface area (Å²) in [6.07, 6.45) is 2.00. The molecule has 3 aromatic heterocycles. The maximum Gasteiger partial charge on any atom is 0.274 e. The molecule has 0 N–H and O–H groups in total. The fourth-order valence-corrected chi connectivity index (χ4v) is 5.09. The molecule has 0 fully saturated rings. The van der Waals surface area contributed by atoms with E-state index < -0.39 is 0 Å². The molecule has 3 heterocycles. The molecule has 0 atom stereocenters. The summed E-state index contributed by atoms with van der Waals surface area (Å²) >= 11 is 1.44. The van der Waals surface area contributed by atoms with Gasteiger partial charge in [0.15, 0.2) is 4.96 Å². The van der Waals surface area contributed by atoms with Crippen LogP contribution in [0.25, 0.3) is 27.8 Å². The Kier molecular flexibility index (Phi) is 3.96. The summed E-state index contributed by atoms with van der Waals surface area (Å²) in [5.74, 6) is 0. The third kappa shape index (κ3) is 2.73. The Balaban J connectivity index is 1.71. The van der Waals surface area contributed by atoms with Gasteiger partial charge in [-0.15, -0.1) is 0 Å². The molecule has 0 bridgehead atoms. The molecule has 4 nitrogen and oxygen atoms in total. The standard InChI is InChI=1S/C24H21N3OS/c1-14-9-10-20(15(2)11-14)26-16(3)12-18(17(26)4)13-22-23(28)27-21-8-6-5-7-19(21)25-24(27)29-22/h5-13H,1-4H3/b22-13-. The lowest BCUT2D eigenvalue weighted by molar-refractivity contribution is 0.952. The predicted molar refractivity (Wildman–Crippen MR) is 120 cm³/mol. The molecule has 0 saturated carbocycles. The van der Waals surface area contributed by atoms with Gasteiger partial charge in [0.1, 0.15) is 0 Å². The molecular formula is C24H21N3OS. The topological polar surface area (TPSA) is 39.3 Å². The zero-order valence-electron chi connectivity index (χ0n) is 16.9. The molecule has 0 aliphatic rings. The van der Waals surface area contributed by atoms with Crippen LogP contribution in [-0.4, -0.2) is 14.0 Å². The quantitative estimate of drug-likeness (QED) is 0.439. The number of para-hydroxylation sites is 2. The number of hydrogen-bond donors (Lipinski definition) is 0. The van der Waals surface area contributed by atoms with Crippen molar-refractivity contribution in [1.29, 1.82) is 0 Å². The lowest BCUT2D eigenvalue weighted by atomic mass is 10.1. The second kappa shape index (κ2) is 6.42. The molecular weight excluding hydrogens is 378 g/mol. The first kappa shape index (κ1) is 17.9. The second-order valence-corrected chi connectivity index (χ2v) is 8.60. The lowest BCUT2D eigenvalue weighted by Crippen LogP contribution is -2.22. The Hall–Kier alpha value is -3.18. The number of hydrogen-bond acceptors (Lipinski definition) is 3. The van der Waals surface area contributed by atoms with Crippen LogP contribution in [0.2, 0.25) is 0 Å². The predicted octanol–water partition coefficient (Wildman–Crippen LogP) is 4.48. The molecule has 144 valence electrons. The summed E-state index contributed by atoms with van der Waals surface area (Å²) in [5, 5.41) is 0. The minimum absolute atomic E-state index is 0.00461. The maximum atomic E-state index is 13.1. The SMILES string of the molecule is Cc1ccc(-n2c(C)cc(/C=c3\sc4nc5ccccc5n4c3=O)c2C)c(C)c1. The van der Waals surface area contributed by atoms with Crippen molar-refractivity contribution in [1.82, 2.24) is 14.0 Å². The van der Waals surface area contributed by atoms with Crippen LogP contribution in [0.1, 0.15) is 28.1 Å². The molecule has 5 heteroatoms. The molecule has 0 unspecified atom stereocenters. The van der Waals surface area contributed by atoms with Gasteiger partial charge in [-0.05, 0) is 69.2 Å². The van der Waals surface area contributed by atoms with Crippen molar-refractivity contribution in [2.24, 2.45) is 0 Å². The van der Waals surface area contributed by atoms with Crippen LogP contribution < -0.4 is 10.1 Å². The minimum Gasteiger partial charge on any atom is -0.318 e. The lowest BCUT2D eigenvalue weighted by Gasteiger charge is -2.13. The zero-order valence-corrected chi connectivity index (χ0v) is 17.7. The highest BCUT2D eigenvalue weighted by molar-refractivity contribution is 7.15. The Labute approximate surface area is 172 Å². The number of thiazole rings is 1. The smallest absolute Gasteiger partial charge is 0.274 e. The number of aromatic nitrogens is 3. The van der Waals surface area contributed by atoms with Gasteiger partial charge in [0, 0.05) is 17.1 Å². The summed E-state index contributed by atoms with van der Waals surface area (Å²) < 4.78 is 4.69. The minimum atomic E-state index is -0.00461. The molecule has 0 aliphatic carbocycles. The summed E-state index contributed by atoms with van der Waals surface area (Å²) in [4.78, 5) is 18.4. The van der Waals surface area contributed by atoms with Gasteiger partial charge in [-0.1, -0.05) is 41.2 Å². The molecule has 5 rings (SSSR count). The van der Waals surface area contributed by atoms with Gasteiger partial charge in [-0.3, -0.25) is 4.79 Å². The first-order valence-electron chi connectivity index (χ1n) is 9.62. The van der Waals surface area contributed by atoms with E-state index in [4.69, 9.17) is 0 Å². The highest BCUT2D eigenvalue weighted by Crippen LogP contribution is 2.24. The number of nitrogens with zero attached hydrogens (tertiary/aromatic N) is 3. The van der Waals surface area contributed by atoms with Crippen molar-refractivity contribution in [3.05, 3.63) is 91.5 Å². The largest absolute Gasteiger partial charge is 0.318 e. The zero-order chi connectivity index (χ0) is 20.3. The van der Waals surface area contributed by atoms with Gasteiger partial charge in [0.2, 0.25) is 0 Å². The van der Waals surface area contributed by atoms with Crippen molar-refractivity contribution >= 4 is 33.4 Å². The normalized spacial score (nSPS) is 12.5. The number of benzene rings is 2. The van der Waals surface area contributed by atoms with E-state index in [0.717, 1.165) is 32.9 Å². The van der Waals surface area contributed by atoms with E-state index in [1.807, 2.05) is 30.3 Å². The monoisotopic (exact) mass is 399 g/mol. The molecule has 0 spiro atoms. The van der Waals surface area contributed by atoms with Crippen molar-refractivity contribution in [3.63, 3.8) is 0 Å². The van der Waals surface area contributed by atoms with Crippen LogP contribution in [0.5, 0.6) is 0 Å². The fourth-order valence-electron chi connectivity index (χ4n) is 4.11.